The molecular formula is C18H16F2N2O3. The lowest BCUT2D eigenvalue weighted by molar-refractivity contribution is -0.121. The summed E-state index contributed by atoms with van der Waals surface area (Å²) in [6.07, 6.45) is 0.0530. The monoisotopic (exact) mass is 346 g/mol. The first-order valence-corrected chi connectivity index (χ1v) is 7.78. The van der Waals surface area contributed by atoms with Crippen LogP contribution in [-0.2, 0) is 11.3 Å². The molecule has 0 aliphatic heterocycles. The van der Waals surface area contributed by atoms with Crippen molar-refractivity contribution in [2.75, 3.05) is 0 Å². The van der Waals surface area contributed by atoms with Gasteiger partial charge in [-0.3, -0.25) is 9.36 Å². The summed E-state index contributed by atoms with van der Waals surface area (Å²) in [5.41, 5.74) is 1.54. The maximum absolute atomic E-state index is 13.3. The quantitative estimate of drug-likeness (QED) is 0.772. The average molecular weight is 346 g/mol. The third kappa shape index (κ3) is 3.60. The van der Waals surface area contributed by atoms with Crippen molar-refractivity contribution < 1.29 is 18.0 Å². The van der Waals surface area contributed by atoms with Crippen LogP contribution in [0.15, 0.2) is 51.7 Å². The second-order valence-electron chi connectivity index (χ2n) is 5.70. The summed E-state index contributed by atoms with van der Waals surface area (Å²) >= 11 is 0. The summed E-state index contributed by atoms with van der Waals surface area (Å²) in [5, 5.41) is 2.70. The number of nitrogens with one attached hydrogen (secondary N) is 1. The number of fused-ring (bicyclic) bond motifs is 1. The number of carbonyl (C=O) groups is 1. The fraction of sp³-hybridized carbons (Fsp3) is 0.222. The van der Waals surface area contributed by atoms with Crippen LogP contribution in [-0.4, -0.2) is 10.5 Å². The molecule has 5 nitrogen and oxygen atoms in total. The Labute approximate surface area is 141 Å². The van der Waals surface area contributed by atoms with Crippen molar-refractivity contribution in [2.24, 2.45) is 0 Å². The van der Waals surface area contributed by atoms with Crippen LogP contribution in [0.1, 0.15) is 24.9 Å². The molecule has 2 aromatic carbocycles. The predicted molar refractivity (Wildman–Crippen MR) is 88.0 cm³/mol. The number of halogens is 2. The van der Waals surface area contributed by atoms with Crippen molar-refractivity contribution in [3.8, 4) is 0 Å². The number of carbonyl (C=O) groups excluding carboxylic acids is 1. The van der Waals surface area contributed by atoms with Gasteiger partial charge in [-0.2, -0.15) is 0 Å². The lowest BCUT2D eigenvalue weighted by atomic mass is 10.1. The molecule has 3 rings (SSSR count). The van der Waals surface area contributed by atoms with E-state index in [-0.39, 0.29) is 18.9 Å². The van der Waals surface area contributed by atoms with Crippen molar-refractivity contribution in [2.45, 2.75) is 25.9 Å². The van der Waals surface area contributed by atoms with Gasteiger partial charge in [-0.25, -0.2) is 13.6 Å². The Hall–Kier alpha value is -2.96. The molecule has 0 radical (unpaired) electrons. The molecule has 1 heterocycles. The smallest absolute Gasteiger partial charge is 0.408 e. The number of amides is 1. The first kappa shape index (κ1) is 16.9. The summed E-state index contributed by atoms with van der Waals surface area (Å²) in [6.45, 7) is 1.83. The molecule has 0 saturated heterocycles. The summed E-state index contributed by atoms with van der Waals surface area (Å²) in [5.74, 6) is -2.74. The number of rotatable bonds is 5. The fourth-order valence-electron chi connectivity index (χ4n) is 2.62. The molecule has 1 amide bonds. The lowest BCUT2D eigenvalue weighted by Crippen LogP contribution is -2.28. The van der Waals surface area contributed by atoms with Crippen LogP contribution in [0.4, 0.5) is 8.78 Å². The Kier molecular flexibility index (Phi) is 4.65. The van der Waals surface area contributed by atoms with Gasteiger partial charge in [0.1, 0.15) is 0 Å². The highest BCUT2D eigenvalue weighted by Gasteiger charge is 2.14. The van der Waals surface area contributed by atoms with Crippen molar-refractivity contribution >= 4 is 17.0 Å². The van der Waals surface area contributed by atoms with E-state index in [2.05, 4.69) is 5.32 Å². The average Bonchev–Trinajstić information content (AvgIpc) is 2.90. The second-order valence-corrected chi connectivity index (χ2v) is 5.70. The van der Waals surface area contributed by atoms with Gasteiger partial charge in [0.15, 0.2) is 17.2 Å². The summed E-state index contributed by atoms with van der Waals surface area (Å²) in [6, 6.07) is 9.95. The highest BCUT2D eigenvalue weighted by molar-refractivity contribution is 5.77. The molecule has 130 valence electrons. The lowest BCUT2D eigenvalue weighted by Gasteiger charge is -2.14. The van der Waals surface area contributed by atoms with Gasteiger partial charge in [0.25, 0.3) is 0 Å². The molecule has 0 bridgehead atoms. The molecule has 7 heteroatoms. The SMILES string of the molecule is C[C@@H](NC(=O)CCn1c(=O)oc2ccccc21)c1ccc(F)c(F)c1. The van der Waals surface area contributed by atoms with Crippen LogP contribution < -0.4 is 11.1 Å². The molecule has 25 heavy (non-hydrogen) atoms. The van der Waals surface area contributed by atoms with Gasteiger partial charge < -0.3 is 9.73 Å². The van der Waals surface area contributed by atoms with E-state index >= 15 is 0 Å². The van der Waals surface area contributed by atoms with Crippen molar-refractivity contribution in [3.63, 3.8) is 0 Å². The van der Waals surface area contributed by atoms with E-state index in [1.807, 2.05) is 0 Å². The highest BCUT2D eigenvalue weighted by atomic mass is 19.2. The molecule has 0 aliphatic carbocycles. The van der Waals surface area contributed by atoms with Crippen LogP contribution in [0, 0.1) is 11.6 Å². The van der Waals surface area contributed by atoms with Gasteiger partial charge in [0.05, 0.1) is 11.6 Å². The fourth-order valence-corrected chi connectivity index (χ4v) is 2.62. The van der Waals surface area contributed by atoms with Gasteiger partial charge in [-0.15, -0.1) is 0 Å². The number of oxazole rings is 1. The van der Waals surface area contributed by atoms with E-state index < -0.39 is 23.4 Å². The molecule has 1 atom stereocenters. The molecule has 0 saturated carbocycles. The predicted octanol–water partition coefficient (Wildman–Crippen LogP) is 3.14. The van der Waals surface area contributed by atoms with Gasteiger partial charge in [0, 0.05) is 13.0 Å². The first-order chi connectivity index (χ1) is 12.0. The number of aromatic nitrogens is 1. The number of nitrogens with zero attached hydrogens (tertiary/aromatic N) is 1. The largest absolute Gasteiger partial charge is 0.419 e. The zero-order valence-corrected chi connectivity index (χ0v) is 13.5. The normalized spacial score (nSPS) is 12.3. The number of benzene rings is 2. The van der Waals surface area contributed by atoms with Crippen molar-refractivity contribution in [3.05, 3.63) is 70.2 Å². The van der Waals surface area contributed by atoms with Crippen LogP contribution in [0.5, 0.6) is 0 Å². The molecule has 0 unspecified atom stereocenters. The minimum Gasteiger partial charge on any atom is -0.408 e. The zero-order valence-electron chi connectivity index (χ0n) is 13.5. The summed E-state index contributed by atoms with van der Waals surface area (Å²) in [4.78, 5) is 23.9. The molecule has 0 fully saturated rings. The number of hydrogen-bond donors (Lipinski definition) is 1. The van der Waals surface area contributed by atoms with Gasteiger partial charge in [0.2, 0.25) is 5.91 Å². The number of aryl methyl sites for hydroxylation is 1. The zero-order chi connectivity index (χ0) is 18.0. The maximum atomic E-state index is 13.3. The number of para-hydroxylation sites is 2. The molecule has 1 N–H and O–H groups in total. The van der Waals surface area contributed by atoms with Gasteiger partial charge in [-0.05, 0) is 36.8 Å². The standard InChI is InChI=1S/C18H16F2N2O3/c1-11(12-6-7-13(19)14(20)10-12)21-17(23)8-9-22-15-4-2-3-5-16(15)25-18(22)24/h2-7,10-11H,8-9H2,1H3,(H,21,23)/t11-/m1/s1. The maximum Gasteiger partial charge on any atom is 0.419 e. The molecule has 0 spiro atoms. The first-order valence-electron chi connectivity index (χ1n) is 7.78. The minimum absolute atomic E-state index is 0.0530. The van der Waals surface area contributed by atoms with E-state index in [0.717, 1.165) is 12.1 Å². The molecule has 1 aromatic heterocycles. The van der Waals surface area contributed by atoms with E-state index in [4.69, 9.17) is 4.42 Å². The van der Waals surface area contributed by atoms with Crippen LogP contribution >= 0.6 is 0 Å². The third-order valence-corrected chi connectivity index (χ3v) is 3.96. The Bertz CT molecular complexity index is 978. The topological polar surface area (TPSA) is 64.2 Å². The highest BCUT2D eigenvalue weighted by Crippen LogP contribution is 2.16. The van der Waals surface area contributed by atoms with Gasteiger partial charge in [-0.1, -0.05) is 18.2 Å². The van der Waals surface area contributed by atoms with E-state index in [1.165, 1.54) is 10.6 Å². The van der Waals surface area contributed by atoms with Crippen LogP contribution in [0.25, 0.3) is 11.1 Å². The van der Waals surface area contributed by atoms with Crippen LogP contribution in [0.2, 0.25) is 0 Å². The summed E-state index contributed by atoms with van der Waals surface area (Å²) in [7, 11) is 0. The number of hydrogen-bond acceptors (Lipinski definition) is 3. The molecule has 0 aliphatic rings. The van der Waals surface area contributed by atoms with E-state index in [9.17, 15) is 18.4 Å². The molecular weight excluding hydrogens is 330 g/mol. The summed E-state index contributed by atoms with van der Waals surface area (Å²) < 4.78 is 32.7. The Morgan fingerprint density at radius 3 is 2.72 bits per heavy atom. The Morgan fingerprint density at radius 2 is 1.96 bits per heavy atom. The Morgan fingerprint density at radius 1 is 1.20 bits per heavy atom. The third-order valence-electron chi connectivity index (χ3n) is 3.96. The van der Waals surface area contributed by atoms with Crippen LogP contribution in [0.3, 0.4) is 0 Å². The van der Waals surface area contributed by atoms with Crippen molar-refractivity contribution in [1.29, 1.82) is 0 Å². The molecule has 3 aromatic rings. The Balaban J connectivity index is 1.65. The van der Waals surface area contributed by atoms with E-state index in [0.29, 0.717) is 16.7 Å². The second kappa shape index (κ2) is 6.88. The van der Waals surface area contributed by atoms with E-state index in [1.54, 1.807) is 31.2 Å². The minimum atomic E-state index is -0.963. The van der Waals surface area contributed by atoms with Crippen molar-refractivity contribution in [1.82, 2.24) is 9.88 Å². The van der Waals surface area contributed by atoms with Gasteiger partial charge >= 0.3 is 5.76 Å².